The highest BCUT2D eigenvalue weighted by atomic mass is 16.6. The zero-order valence-corrected chi connectivity index (χ0v) is 19.2. The van der Waals surface area contributed by atoms with E-state index in [0.717, 1.165) is 30.8 Å². The van der Waals surface area contributed by atoms with Crippen LogP contribution in [0.25, 0.3) is 0 Å². The van der Waals surface area contributed by atoms with E-state index in [1.807, 2.05) is 58.9 Å². The number of rotatable bonds is 3. The third kappa shape index (κ3) is 3.55. The summed E-state index contributed by atoms with van der Waals surface area (Å²) in [6.45, 7) is 10.4. The third-order valence-electron chi connectivity index (χ3n) is 6.40. The zero-order valence-electron chi connectivity index (χ0n) is 19.2. The fourth-order valence-corrected chi connectivity index (χ4v) is 5.08. The van der Waals surface area contributed by atoms with Gasteiger partial charge in [-0.2, -0.15) is 0 Å². The number of hydrogen-bond acceptors (Lipinski definition) is 6. The van der Waals surface area contributed by atoms with Gasteiger partial charge in [-0.05, 0) is 78.3 Å². The molecule has 3 fully saturated rings. The Kier molecular flexibility index (Phi) is 5.21. The number of benzene rings is 1. The number of β-lactam (4-membered cyclic amide) rings is 1. The van der Waals surface area contributed by atoms with Gasteiger partial charge in [0.15, 0.2) is 0 Å². The van der Waals surface area contributed by atoms with Crippen LogP contribution in [0.15, 0.2) is 24.3 Å². The van der Waals surface area contributed by atoms with Gasteiger partial charge in [-0.15, -0.1) is 0 Å². The Morgan fingerprint density at radius 1 is 1.23 bits per heavy atom. The number of nitrogens with zero attached hydrogens (tertiary/aromatic N) is 2. The van der Waals surface area contributed by atoms with Gasteiger partial charge in [0.05, 0.1) is 25.8 Å². The van der Waals surface area contributed by atoms with Crippen LogP contribution in [0.4, 0.5) is 10.5 Å². The minimum absolute atomic E-state index is 0.0361. The van der Waals surface area contributed by atoms with E-state index < -0.39 is 23.0 Å². The van der Waals surface area contributed by atoms with Crippen molar-refractivity contribution in [1.29, 1.82) is 0 Å². The molecule has 0 radical (unpaired) electrons. The summed E-state index contributed by atoms with van der Waals surface area (Å²) in [6, 6.07) is 6.84. The van der Waals surface area contributed by atoms with Crippen molar-refractivity contribution in [1.82, 2.24) is 10.2 Å². The number of carbonyl (C=O) groups is 2. The van der Waals surface area contributed by atoms with E-state index in [9.17, 15) is 9.59 Å². The molecule has 0 bridgehead atoms. The van der Waals surface area contributed by atoms with Crippen LogP contribution in [-0.4, -0.2) is 66.1 Å². The van der Waals surface area contributed by atoms with Crippen LogP contribution in [0.3, 0.4) is 0 Å². The second-order valence-electron chi connectivity index (χ2n) is 10.00. The first-order valence-corrected chi connectivity index (χ1v) is 10.9. The molecule has 0 aromatic heterocycles. The normalized spacial score (nSPS) is 29.9. The minimum Gasteiger partial charge on any atom is -0.497 e. The van der Waals surface area contributed by atoms with Gasteiger partial charge >= 0.3 is 6.09 Å². The molecular formula is C23H33N3O5. The van der Waals surface area contributed by atoms with Crippen molar-refractivity contribution in [2.24, 2.45) is 0 Å². The minimum atomic E-state index is -0.836. The Balaban J connectivity index is 1.71. The quantitative estimate of drug-likeness (QED) is 0.742. The van der Waals surface area contributed by atoms with Crippen LogP contribution in [0.5, 0.6) is 5.75 Å². The van der Waals surface area contributed by atoms with Gasteiger partial charge in [-0.1, -0.05) is 0 Å². The lowest BCUT2D eigenvalue weighted by Gasteiger charge is -2.57. The number of carbonyl (C=O) groups excluding carboxylic acids is 2. The molecule has 170 valence electrons. The maximum atomic E-state index is 13.4. The standard InChI is InChI=1S/C23H33N3O5/c1-21(2,3)31-20(28)26-17(14-30-22(26,4)5)18-23(12-7-13-24-23)19(27)25(18)15-8-10-16(29-6)11-9-15/h8-11,17-18,24H,7,12-14H2,1-6H3/t17-,18+,23-/m0/s1. The predicted molar refractivity (Wildman–Crippen MR) is 116 cm³/mol. The highest BCUT2D eigenvalue weighted by molar-refractivity contribution is 6.09. The molecule has 3 saturated heterocycles. The smallest absolute Gasteiger partial charge is 0.412 e. The third-order valence-corrected chi connectivity index (χ3v) is 6.40. The second-order valence-corrected chi connectivity index (χ2v) is 10.00. The number of ether oxygens (including phenoxy) is 3. The highest BCUT2D eigenvalue weighted by Gasteiger charge is 2.68. The SMILES string of the molecule is COc1ccc(N2C(=O)[C@]3(CCCN3)[C@H]2[C@@H]2COC(C)(C)N2C(=O)OC(C)(C)C)cc1. The van der Waals surface area contributed by atoms with Gasteiger partial charge in [0.25, 0.3) is 0 Å². The number of nitrogens with one attached hydrogen (secondary N) is 1. The van der Waals surface area contributed by atoms with Crippen LogP contribution in [0.2, 0.25) is 0 Å². The van der Waals surface area contributed by atoms with Crippen molar-refractivity contribution in [2.75, 3.05) is 25.2 Å². The van der Waals surface area contributed by atoms with Crippen molar-refractivity contribution in [2.45, 2.75) is 76.4 Å². The molecule has 0 saturated carbocycles. The molecule has 3 heterocycles. The Labute approximate surface area is 183 Å². The summed E-state index contributed by atoms with van der Waals surface area (Å²) in [5, 5.41) is 3.45. The van der Waals surface area contributed by atoms with Crippen molar-refractivity contribution < 1.29 is 23.8 Å². The van der Waals surface area contributed by atoms with Crippen LogP contribution in [-0.2, 0) is 14.3 Å². The molecule has 2 amide bonds. The van der Waals surface area contributed by atoms with Crippen molar-refractivity contribution >= 4 is 17.7 Å². The molecule has 1 aromatic rings. The fourth-order valence-electron chi connectivity index (χ4n) is 5.08. The molecule has 0 unspecified atom stereocenters. The lowest BCUT2D eigenvalue weighted by molar-refractivity contribution is -0.136. The van der Waals surface area contributed by atoms with Gasteiger partial charge in [0, 0.05) is 5.69 Å². The molecular weight excluding hydrogens is 398 g/mol. The molecule has 4 rings (SSSR count). The summed E-state index contributed by atoms with van der Waals surface area (Å²) < 4.78 is 17.0. The number of anilines is 1. The maximum Gasteiger partial charge on any atom is 0.412 e. The Morgan fingerprint density at radius 3 is 2.45 bits per heavy atom. The molecule has 31 heavy (non-hydrogen) atoms. The number of hydrogen-bond donors (Lipinski definition) is 1. The van der Waals surface area contributed by atoms with E-state index in [1.165, 1.54) is 0 Å². The Hall–Kier alpha value is -2.32. The fraction of sp³-hybridized carbons (Fsp3) is 0.652. The summed E-state index contributed by atoms with van der Waals surface area (Å²) in [5.74, 6) is 0.761. The molecule has 8 heteroatoms. The molecule has 1 N–H and O–H groups in total. The lowest BCUT2D eigenvalue weighted by atomic mass is 9.73. The van der Waals surface area contributed by atoms with E-state index in [1.54, 1.807) is 16.9 Å². The summed E-state index contributed by atoms with van der Waals surface area (Å²) in [6.07, 6.45) is 1.23. The summed E-state index contributed by atoms with van der Waals surface area (Å²) in [5.41, 5.74) is -1.37. The number of amides is 2. The first-order chi connectivity index (χ1) is 14.5. The summed E-state index contributed by atoms with van der Waals surface area (Å²) in [4.78, 5) is 30.1. The molecule has 8 nitrogen and oxygen atoms in total. The Bertz CT molecular complexity index is 855. The van der Waals surface area contributed by atoms with Crippen LogP contribution in [0, 0.1) is 0 Å². The molecule has 1 aromatic carbocycles. The predicted octanol–water partition coefficient (Wildman–Crippen LogP) is 2.90. The van der Waals surface area contributed by atoms with E-state index in [0.29, 0.717) is 6.61 Å². The zero-order chi connectivity index (χ0) is 22.6. The first kappa shape index (κ1) is 21.9. The molecule has 3 aliphatic heterocycles. The van der Waals surface area contributed by atoms with E-state index in [4.69, 9.17) is 14.2 Å². The summed E-state index contributed by atoms with van der Waals surface area (Å²) >= 11 is 0. The molecule has 3 aliphatic rings. The van der Waals surface area contributed by atoms with E-state index >= 15 is 0 Å². The molecule has 3 atom stereocenters. The largest absolute Gasteiger partial charge is 0.497 e. The lowest BCUT2D eigenvalue weighted by Crippen LogP contribution is -2.83. The van der Waals surface area contributed by atoms with Gasteiger partial charge in [0.1, 0.15) is 22.6 Å². The monoisotopic (exact) mass is 431 g/mol. The first-order valence-electron chi connectivity index (χ1n) is 10.9. The van der Waals surface area contributed by atoms with Crippen molar-refractivity contribution in [3.05, 3.63) is 24.3 Å². The van der Waals surface area contributed by atoms with Gasteiger partial charge in [0.2, 0.25) is 5.91 Å². The van der Waals surface area contributed by atoms with Crippen LogP contribution in [0.1, 0.15) is 47.5 Å². The van der Waals surface area contributed by atoms with Crippen LogP contribution < -0.4 is 15.0 Å². The van der Waals surface area contributed by atoms with Crippen molar-refractivity contribution in [3.8, 4) is 5.75 Å². The van der Waals surface area contributed by atoms with Crippen LogP contribution >= 0.6 is 0 Å². The maximum absolute atomic E-state index is 13.4. The van der Waals surface area contributed by atoms with E-state index in [2.05, 4.69) is 5.32 Å². The summed E-state index contributed by atoms with van der Waals surface area (Å²) in [7, 11) is 1.61. The highest BCUT2D eigenvalue weighted by Crippen LogP contribution is 2.47. The average Bonchev–Trinajstić information content (AvgIpc) is 3.30. The second kappa shape index (κ2) is 7.38. The van der Waals surface area contributed by atoms with Gasteiger partial charge < -0.3 is 24.4 Å². The molecule has 0 aliphatic carbocycles. The topological polar surface area (TPSA) is 80.3 Å². The average molecular weight is 432 g/mol. The van der Waals surface area contributed by atoms with Gasteiger partial charge in [-0.25, -0.2) is 4.79 Å². The van der Waals surface area contributed by atoms with Crippen molar-refractivity contribution in [3.63, 3.8) is 0 Å². The van der Waals surface area contributed by atoms with E-state index in [-0.39, 0.29) is 18.0 Å². The Morgan fingerprint density at radius 2 is 1.90 bits per heavy atom. The molecule has 1 spiro atoms. The van der Waals surface area contributed by atoms with Gasteiger partial charge in [-0.3, -0.25) is 9.69 Å². The number of methoxy groups -OCH3 is 1.